The maximum Gasteiger partial charge on any atom is 0.225 e. The highest BCUT2D eigenvalue weighted by atomic mass is 16.5. The van der Waals surface area contributed by atoms with Gasteiger partial charge < -0.3 is 29.3 Å². The van der Waals surface area contributed by atoms with Gasteiger partial charge in [0.25, 0.3) is 0 Å². The summed E-state index contributed by atoms with van der Waals surface area (Å²) in [5.41, 5.74) is 3.48. The van der Waals surface area contributed by atoms with Gasteiger partial charge in [0.05, 0.1) is 45.1 Å². The summed E-state index contributed by atoms with van der Waals surface area (Å²) in [6, 6.07) is 14.4. The SMILES string of the molecule is COc1ccc2c(c1)N1CCN(c3ccccc3OC)C[C@@H]1[C@H](C(=O)NCCN1CCOCC1)C2. The van der Waals surface area contributed by atoms with Gasteiger partial charge in [-0.15, -0.1) is 0 Å². The summed E-state index contributed by atoms with van der Waals surface area (Å²) in [4.78, 5) is 20.7. The average molecular weight is 481 g/mol. The van der Waals surface area contributed by atoms with Crippen molar-refractivity contribution >= 4 is 17.3 Å². The highest BCUT2D eigenvalue weighted by molar-refractivity contribution is 5.82. The van der Waals surface area contributed by atoms with Crippen molar-refractivity contribution in [2.45, 2.75) is 12.5 Å². The van der Waals surface area contributed by atoms with Gasteiger partial charge in [-0.25, -0.2) is 0 Å². The van der Waals surface area contributed by atoms with Crippen LogP contribution in [-0.4, -0.2) is 90.1 Å². The molecule has 0 aromatic heterocycles. The molecule has 8 nitrogen and oxygen atoms in total. The number of anilines is 2. The highest BCUT2D eigenvalue weighted by Gasteiger charge is 2.42. The molecular weight excluding hydrogens is 444 g/mol. The van der Waals surface area contributed by atoms with Gasteiger partial charge in [-0.1, -0.05) is 18.2 Å². The van der Waals surface area contributed by atoms with Crippen LogP contribution < -0.4 is 24.6 Å². The molecule has 3 aliphatic heterocycles. The second kappa shape index (κ2) is 10.7. The maximum atomic E-state index is 13.5. The lowest BCUT2D eigenvalue weighted by Crippen LogP contribution is -2.61. The molecule has 8 heteroatoms. The minimum Gasteiger partial charge on any atom is -0.497 e. The number of piperazine rings is 1. The predicted octanol–water partition coefficient (Wildman–Crippen LogP) is 2.02. The topological polar surface area (TPSA) is 66.5 Å². The minimum absolute atomic E-state index is 0.0663. The van der Waals surface area contributed by atoms with Crippen molar-refractivity contribution in [2.24, 2.45) is 5.92 Å². The number of hydrogen-bond donors (Lipinski definition) is 1. The molecule has 2 saturated heterocycles. The molecular formula is C27H36N4O4. The molecule has 2 atom stereocenters. The predicted molar refractivity (Wildman–Crippen MR) is 137 cm³/mol. The molecule has 5 rings (SSSR count). The van der Waals surface area contributed by atoms with Crippen molar-refractivity contribution in [2.75, 3.05) is 83.0 Å². The number of benzene rings is 2. The Kier molecular flexibility index (Phi) is 7.29. The minimum atomic E-state index is -0.127. The fraction of sp³-hybridized carbons (Fsp3) is 0.519. The number of carbonyl (C=O) groups is 1. The molecule has 0 bridgehead atoms. The van der Waals surface area contributed by atoms with E-state index in [1.165, 1.54) is 11.3 Å². The van der Waals surface area contributed by atoms with Crippen LogP contribution in [0.4, 0.5) is 11.4 Å². The average Bonchev–Trinajstić information content (AvgIpc) is 2.92. The Morgan fingerprint density at radius 3 is 2.66 bits per heavy atom. The third-order valence-electron chi connectivity index (χ3n) is 7.52. The van der Waals surface area contributed by atoms with Crippen LogP contribution in [0.2, 0.25) is 0 Å². The summed E-state index contributed by atoms with van der Waals surface area (Å²) in [5.74, 6) is 1.73. The number of nitrogens with zero attached hydrogens (tertiary/aromatic N) is 3. The molecule has 0 spiro atoms. The van der Waals surface area contributed by atoms with E-state index in [9.17, 15) is 4.79 Å². The van der Waals surface area contributed by atoms with Crippen LogP contribution in [-0.2, 0) is 16.0 Å². The second-order valence-electron chi connectivity index (χ2n) is 9.43. The fourth-order valence-electron chi connectivity index (χ4n) is 5.61. The first-order valence-corrected chi connectivity index (χ1v) is 12.6. The standard InChI is InChI=1S/C27H36N4O4/c1-33-21-8-7-20-17-22(27(32)28-9-10-29-13-15-35-16-14-29)25-19-30(11-12-31(25)24(20)18-21)23-5-3-4-6-26(23)34-2/h3-8,18,22,25H,9-17,19H2,1-2H3,(H,28,32)/t22-,25-/m1/s1. The van der Waals surface area contributed by atoms with Gasteiger partial charge >= 0.3 is 0 Å². The van der Waals surface area contributed by atoms with Crippen molar-refractivity contribution in [1.29, 1.82) is 0 Å². The van der Waals surface area contributed by atoms with E-state index in [1.807, 2.05) is 24.3 Å². The molecule has 35 heavy (non-hydrogen) atoms. The Bertz CT molecular complexity index is 1030. The maximum absolute atomic E-state index is 13.5. The molecule has 0 unspecified atom stereocenters. The van der Waals surface area contributed by atoms with E-state index in [2.05, 4.69) is 38.2 Å². The Morgan fingerprint density at radius 2 is 1.86 bits per heavy atom. The number of ether oxygens (including phenoxy) is 3. The van der Waals surface area contributed by atoms with Crippen LogP contribution in [0.5, 0.6) is 11.5 Å². The molecule has 3 heterocycles. The second-order valence-corrected chi connectivity index (χ2v) is 9.43. The number of hydrogen-bond acceptors (Lipinski definition) is 7. The van der Waals surface area contributed by atoms with Crippen LogP contribution >= 0.6 is 0 Å². The van der Waals surface area contributed by atoms with Crippen LogP contribution in [0.15, 0.2) is 42.5 Å². The summed E-state index contributed by atoms with van der Waals surface area (Å²) in [7, 11) is 3.41. The number of rotatable bonds is 7. The van der Waals surface area contributed by atoms with E-state index in [4.69, 9.17) is 14.2 Å². The van der Waals surface area contributed by atoms with E-state index in [-0.39, 0.29) is 17.9 Å². The molecule has 2 aromatic rings. The number of morpholine rings is 1. The zero-order valence-electron chi connectivity index (χ0n) is 20.7. The Labute approximate surface area is 207 Å². The Hall–Kier alpha value is -2.97. The van der Waals surface area contributed by atoms with Crippen molar-refractivity contribution in [3.63, 3.8) is 0 Å². The summed E-state index contributed by atoms with van der Waals surface area (Å²) in [6.45, 7) is 7.37. The van der Waals surface area contributed by atoms with E-state index >= 15 is 0 Å². The summed E-state index contributed by atoms with van der Waals surface area (Å²) in [6.07, 6.45) is 0.726. The van der Waals surface area contributed by atoms with Gasteiger partial charge in [0.2, 0.25) is 5.91 Å². The first-order chi connectivity index (χ1) is 17.2. The van der Waals surface area contributed by atoms with E-state index in [0.717, 1.165) is 76.1 Å². The van der Waals surface area contributed by atoms with Crippen LogP contribution in [0.25, 0.3) is 0 Å². The van der Waals surface area contributed by atoms with Crippen LogP contribution in [0, 0.1) is 5.92 Å². The summed E-state index contributed by atoms with van der Waals surface area (Å²) in [5, 5.41) is 3.25. The monoisotopic (exact) mass is 480 g/mol. The highest BCUT2D eigenvalue weighted by Crippen LogP contribution is 2.40. The molecule has 1 N–H and O–H groups in total. The molecule has 3 aliphatic rings. The van der Waals surface area contributed by atoms with Crippen molar-refractivity contribution in [3.8, 4) is 11.5 Å². The van der Waals surface area contributed by atoms with E-state index in [1.54, 1.807) is 14.2 Å². The van der Waals surface area contributed by atoms with Gasteiger partial charge in [0, 0.05) is 57.6 Å². The number of amides is 1. The summed E-state index contributed by atoms with van der Waals surface area (Å²) < 4.78 is 16.6. The van der Waals surface area contributed by atoms with Gasteiger partial charge in [-0.05, 0) is 30.2 Å². The van der Waals surface area contributed by atoms with Crippen LogP contribution in [0.1, 0.15) is 5.56 Å². The lowest BCUT2D eigenvalue weighted by molar-refractivity contribution is -0.125. The lowest BCUT2D eigenvalue weighted by Gasteiger charge is -2.49. The van der Waals surface area contributed by atoms with Crippen molar-refractivity contribution < 1.29 is 19.0 Å². The third kappa shape index (κ3) is 5.04. The number of carbonyl (C=O) groups excluding carboxylic acids is 1. The molecule has 2 fully saturated rings. The number of nitrogens with one attached hydrogen (secondary N) is 1. The van der Waals surface area contributed by atoms with Gasteiger partial charge in [0.1, 0.15) is 11.5 Å². The zero-order valence-corrected chi connectivity index (χ0v) is 20.7. The molecule has 0 radical (unpaired) electrons. The molecule has 0 aliphatic carbocycles. The van der Waals surface area contributed by atoms with E-state index < -0.39 is 0 Å². The molecule has 2 aromatic carbocycles. The quantitative estimate of drug-likeness (QED) is 0.651. The normalized spacial score (nSPS) is 22.2. The van der Waals surface area contributed by atoms with Crippen molar-refractivity contribution in [3.05, 3.63) is 48.0 Å². The number of methoxy groups -OCH3 is 2. The molecule has 188 valence electrons. The third-order valence-corrected chi connectivity index (χ3v) is 7.52. The Morgan fingerprint density at radius 1 is 1.03 bits per heavy atom. The lowest BCUT2D eigenvalue weighted by atomic mass is 9.83. The van der Waals surface area contributed by atoms with Gasteiger partial charge in [-0.3, -0.25) is 9.69 Å². The first kappa shape index (κ1) is 23.8. The van der Waals surface area contributed by atoms with Gasteiger partial charge in [-0.2, -0.15) is 0 Å². The van der Waals surface area contributed by atoms with Gasteiger partial charge in [0.15, 0.2) is 0 Å². The largest absolute Gasteiger partial charge is 0.497 e. The van der Waals surface area contributed by atoms with Crippen LogP contribution in [0.3, 0.4) is 0 Å². The first-order valence-electron chi connectivity index (χ1n) is 12.6. The summed E-state index contributed by atoms with van der Waals surface area (Å²) >= 11 is 0. The smallest absolute Gasteiger partial charge is 0.225 e. The van der Waals surface area contributed by atoms with E-state index in [0.29, 0.717) is 6.54 Å². The Balaban J connectivity index is 1.36. The zero-order chi connectivity index (χ0) is 24.2. The number of fused-ring (bicyclic) bond motifs is 3. The number of para-hydroxylation sites is 2. The molecule has 0 saturated carbocycles. The fourth-order valence-corrected chi connectivity index (χ4v) is 5.61. The van der Waals surface area contributed by atoms with Crippen molar-refractivity contribution in [1.82, 2.24) is 10.2 Å². The molecule has 1 amide bonds.